The molecule has 116 valence electrons. The second kappa shape index (κ2) is 6.04. The van der Waals surface area contributed by atoms with Gasteiger partial charge in [-0.2, -0.15) is 0 Å². The number of aliphatic hydroxyl groups is 1. The SMILES string of the molecule is O=C(O)c1ccc(Br)c(S(=O)(=O)NCC2(CCO)CC2)c1. The van der Waals surface area contributed by atoms with Crippen LogP contribution in [0.3, 0.4) is 0 Å². The van der Waals surface area contributed by atoms with E-state index in [1.165, 1.54) is 12.1 Å². The highest BCUT2D eigenvalue weighted by Crippen LogP contribution is 2.48. The third-order valence-electron chi connectivity index (χ3n) is 3.70. The molecule has 0 unspecified atom stereocenters. The third kappa shape index (κ3) is 3.82. The zero-order chi connectivity index (χ0) is 15.7. The van der Waals surface area contributed by atoms with Gasteiger partial charge in [-0.25, -0.2) is 17.9 Å². The molecule has 0 aromatic heterocycles. The van der Waals surface area contributed by atoms with Gasteiger partial charge in [0.2, 0.25) is 10.0 Å². The topological polar surface area (TPSA) is 104 Å². The molecule has 0 amide bonds. The quantitative estimate of drug-likeness (QED) is 0.669. The van der Waals surface area contributed by atoms with E-state index in [0.717, 1.165) is 18.9 Å². The van der Waals surface area contributed by atoms with Crippen LogP contribution >= 0.6 is 15.9 Å². The molecule has 1 saturated carbocycles. The third-order valence-corrected chi connectivity index (χ3v) is 6.10. The van der Waals surface area contributed by atoms with Crippen molar-refractivity contribution in [3.8, 4) is 0 Å². The fourth-order valence-corrected chi connectivity index (χ4v) is 4.24. The lowest BCUT2D eigenvalue weighted by Crippen LogP contribution is -2.31. The van der Waals surface area contributed by atoms with Crippen LogP contribution in [0.4, 0.5) is 0 Å². The van der Waals surface area contributed by atoms with Gasteiger partial charge in [0.25, 0.3) is 0 Å². The first-order chi connectivity index (χ1) is 9.80. The maximum Gasteiger partial charge on any atom is 0.335 e. The van der Waals surface area contributed by atoms with E-state index in [1.807, 2.05) is 0 Å². The molecule has 1 aromatic carbocycles. The van der Waals surface area contributed by atoms with Crippen LogP contribution in [0.25, 0.3) is 0 Å². The Morgan fingerprint density at radius 2 is 2.05 bits per heavy atom. The summed E-state index contributed by atoms with van der Waals surface area (Å²) >= 11 is 3.13. The molecule has 0 spiro atoms. The van der Waals surface area contributed by atoms with Crippen molar-refractivity contribution < 1.29 is 23.4 Å². The van der Waals surface area contributed by atoms with Crippen LogP contribution in [0.1, 0.15) is 29.6 Å². The Balaban J connectivity index is 2.19. The van der Waals surface area contributed by atoms with Gasteiger partial charge in [-0.1, -0.05) is 0 Å². The number of nitrogens with one attached hydrogen (secondary N) is 1. The number of aliphatic hydroxyl groups excluding tert-OH is 1. The summed E-state index contributed by atoms with van der Waals surface area (Å²) < 4.78 is 27.4. The minimum Gasteiger partial charge on any atom is -0.478 e. The van der Waals surface area contributed by atoms with Crippen molar-refractivity contribution in [2.45, 2.75) is 24.2 Å². The molecular weight excluding hydrogens is 362 g/mol. The van der Waals surface area contributed by atoms with E-state index in [1.54, 1.807) is 0 Å². The predicted molar refractivity (Wildman–Crippen MR) is 79.7 cm³/mol. The van der Waals surface area contributed by atoms with Gasteiger partial charge in [0.15, 0.2) is 0 Å². The van der Waals surface area contributed by atoms with Gasteiger partial charge in [0, 0.05) is 17.6 Å². The summed E-state index contributed by atoms with van der Waals surface area (Å²) in [5, 5.41) is 17.9. The summed E-state index contributed by atoms with van der Waals surface area (Å²) in [6.45, 7) is 0.277. The van der Waals surface area contributed by atoms with Gasteiger partial charge in [-0.05, 0) is 58.8 Å². The fraction of sp³-hybridized carbons (Fsp3) is 0.462. The molecule has 1 aliphatic rings. The molecule has 0 aliphatic heterocycles. The molecule has 8 heteroatoms. The number of hydrogen-bond donors (Lipinski definition) is 3. The van der Waals surface area contributed by atoms with Crippen molar-refractivity contribution in [1.29, 1.82) is 0 Å². The van der Waals surface area contributed by atoms with E-state index < -0.39 is 16.0 Å². The first kappa shape index (κ1) is 16.4. The van der Waals surface area contributed by atoms with Gasteiger partial charge >= 0.3 is 5.97 Å². The Morgan fingerprint density at radius 1 is 1.38 bits per heavy atom. The first-order valence-electron chi connectivity index (χ1n) is 6.43. The number of halogens is 1. The second-order valence-corrected chi connectivity index (χ2v) is 7.84. The van der Waals surface area contributed by atoms with Crippen LogP contribution in [0.15, 0.2) is 27.6 Å². The van der Waals surface area contributed by atoms with Crippen molar-refractivity contribution in [2.75, 3.05) is 13.2 Å². The lowest BCUT2D eigenvalue weighted by atomic mass is 10.0. The molecule has 0 radical (unpaired) electrons. The van der Waals surface area contributed by atoms with Crippen molar-refractivity contribution in [3.63, 3.8) is 0 Å². The standard InChI is InChI=1S/C13H16BrNO5S/c14-10-2-1-9(12(17)18)7-11(10)21(19,20)15-8-13(3-4-13)5-6-16/h1-2,7,15-16H,3-6,8H2,(H,17,18). The monoisotopic (exact) mass is 377 g/mol. The maximum atomic E-state index is 12.3. The summed E-state index contributed by atoms with van der Waals surface area (Å²) in [5.74, 6) is -1.18. The predicted octanol–water partition coefficient (Wildman–Crippen LogP) is 1.59. The normalized spacial score (nSPS) is 16.7. The highest BCUT2D eigenvalue weighted by atomic mass is 79.9. The van der Waals surface area contributed by atoms with Crippen LogP contribution in [0, 0.1) is 5.41 Å². The lowest BCUT2D eigenvalue weighted by molar-refractivity contribution is 0.0696. The summed E-state index contributed by atoms with van der Waals surface area (Å²) in [7, 11) is -3.80. The smallest absolute Gasteiger partial charge is 0.335 e. The van der Waals surface area contributed by atoms with Crippen molar-refractivity contribution in [1.82, 2.24) is 4.72 Å². The number of carboxylic acids is 1. The van der Waals surface area contributed by atoms with Crippen LogP contribution < -0.4 is 4.72 Å². The Morgan fingerprint density at radius 3 is 2.57 bits per heavy atom. The summed E-state index contributed by atoms with van der Waals surface area (Å²) in [6, 6.07) is 3.86. The molecule has 21 heavy (non-hydrogen) atoms. The molecule has 1 fully saturated rings. The minimum absolute atomic E-state index is 0.0277. The number of benzene rings is 1. The number of aromatic carboxylic acids is 1. The van der Waals surface area contributed by atoms with Gasteiger partial charge < -0.3 is 10.2 Å². The molecule has 3 N–H and O–H groups in total. The largest absolute Gasteiger partial charge is 0.478 e. The zero-order valence-electron chi connectivity index (χ0n) is 11.2. The summed E-state index contributed by atoms with van der Waals surface area (Å²) in [5.41, 5.74) is -0.242. The van der Waals surface area contributed by atoms with E-state index in [-0.39, 0.29) is 29.0 Å². The van der Waals surface area contributed by atoms with Crippen LogP contribution in [0.5, 0.6) is 0 Å². The van der Waals surface area contributed by atoms with Crippen molar-refractivity contribution in [2.24, 2.45) is 5.41 Å². The Bertz CT molecular complexity index is 655. The first-order valence-corrected chi connectivity index (χ1v) is 8.71. The molecule has 0 heterocycles. The molecule has 0 bridgehead atoms. The molecule has 0 saturated heterocycles. The van der Waals surface area contributed by atoms with Crippen LogP contribution in [-0.2, 0) is 10.0 Å². The zero-order valence-corrected chi connectivity index (χ0v) is 13.6. The van der Waals surface area contributed by atoms with Crippen LogP contribution in [-0.4, -0.2) is 37.8 Å². The molecule has 0 atom stereocenters. The maximum absolute atomic E-state index is 12.3. The number of carbonyl (C=O) groups is 1. The lowest BCUT2D eigenvalue weighted by Gasteiger charge is -2.15. The molecular formula is C13H16BrNO5S. The van der Waals surface area contributed by atoms with E-state index in [9.17, 15) is 13.2 Å². The van der Waals surface area contributed by atoms with Gasteiger partial charge in [0.1, 0.15) is 0 Å². The van der Waals surface area contributed by atoms with Gasteiger partial charge in [-0.3, -0.25) is 0 Å². The fourth-order valence-electron chi connectivity index (χ4n) is 2.10. The Hall–Kier alpha value is -0.960. The van der Waals surface area contributed by atoms with Gasteiger partial charge in [-0.15, -0.1) is 0 Å². The summed E-state index contributed by atoms with van der Waals surface area (Å²) in [6.07, 6.45) is 2.32. The van der Waals surface area contributed by atoms with Crippen molar-refractivity contribution >= 4 is 31.9 Å². The Kier molecular flexibility index (Phi) is 4.72. The average Bonchev–Trinajstić information content (AvgIpc) is 3.17. The van der Waals surface area contributed by atoms with E-state index in [0.29, 0.717) is 10.9 Å². The Labute approximate surface area is 131 Å². The highest BCUT2D eigenvalue weighted by Gasteiger charge is 2.42. The van der Waals surface area contributed by atoms with E-state index in [2.05, 4.69) is 20.7 Å². The number of sulfonamides is 1. The molecule has 1 aliphatic carbocycles. The van der Waals surface area contributed by atoms with E-state index in [4.69, 9.17) is 10.2 Å². The average molecular weight is 378 g/mol. The number of hydrogen-bond acceptors (Lipinski definition) is 4. The van der Waals surface area contributed by atoms with E-state index >= 15 is 0 Å². The molecule has 2 rings (SSSR count). The molecule has 6 nitrogen and oxygen atoms in total. The van der Waals surface area contributed by atoms with Gasteiger partial charge in [0.05, 0.1) is 10.5 Å². The van der Waals surface area contributed by atoms with Crippen molar-refractivity contribution in [3.05, 3.63) is 28.2 Å². The second-order valence-electron chi connectivity index (χ2n) is 5.25. The molecule has 1 aromatic rings. The van der Waals surface area contributed by atoms with Crippen LogP contribution in [0.2, 0.25) is 0 Å². The minimum atomic E-state index is -3.80. The number of carboxylic acid groups (broad SMARTS) is 1. The highest BCUT2D eigenvalue weighted by molar-refractivity contribution is 9.10. The number of rotatable bonds is 7. The summed E-state index contributed by atoms with van der Waals surface area (Å²) in [4.78, 5) is 10.9.